The van der Waals surface area contributed by atoms with Crippen LogP contribution in [-0.4, -0.2) is 34.0 Å². The van der Waals surface area contributed by atoms with E-state index in [0.717, 1.165) is 24.3 Å². The number of rotatable bonds is 9. The molecule has 4 fully saturated rings. The van der Waals surface area contributed by atoms with Crippen molar-refractivity contribution in [2.24, 2.45) is 23.2 Å². The number of carbonyl (C=O) groups excluding carboxylic acids is 1. The van der Waals surface area contributed by atoms with Gasteiger partial charge < -0.3 is 10.1 Å². The van der Waals surface area contributed by atoms with E-state index in [1.54, 1.807) is 12.1 Å². The van der Waals surface area contributed by atoms with Crippen LogP contribution in [0.2, 0.25) is 0 Å². The molecule has 1 amide bonds. The minimum absolute atomic E-state index is 0.0739. The molecule has 0 aliphatic heterocycles. The molecule has 0 heterocycles. The van der Waals surface area contributed by atoms with Gasteiger partial charge in [-0.25, -0.2) is 13.1 Å². The Balaban J connectivity index is 1.23. The summed E-state index contributed by atoms with van der Waals surface area (Å²) in [6.07, 6.45) is 8.08. The highest BCUT2D eigenvalue weighted by molar-refractivity contribution is 7.89. The zero-order valence-corrected chi connectivity index (χ0v) is 18.0. The third-order valence-corrected chi connectivity index (χ3v) is 8.39. The zero-order chi connectivity index (χ0) is 20.5. The van der Waals surface area contributed by atoms with E-state index in [1.807, 2.05) is 6.92 Å². The van der Waals surface area contributed by atoms with Gasteiger partial charge in [-0.1, -0.05) is 0 Å². The number of sulfonamides is 1. The molecule has 5 rings (SSSR count). The molecule has 0 atom stereocenters. The zero-order valence-electron chi connectivity index (χ0n) is 17.2. The van der Waals surface area contributed by atoms with E-state index in [2.05, 4.69) is 10.0 Å². The van der Waals surface area contributed by atoms with Gasteiger partial charge in [-0.05, 0) is 92.9 Å². The molecule has 0 spiro atoms. The molecule has 29 heavy (non-hydrogen) atoms. The van der Waals surface area contributed by atoms with Gasteiger partial charge in [0.2, 0.25) is 15.9 Å². The van der Waals surface area contributed by atoms with Crippen molar-refractivity contribution < 1.29 is 17.9 Å². The Hall–Kier alpha value is -1.60. The first-order chi connectivity index (χ1) is 13.9. The lowest BCUT2D eigenvalue weighted by Gasteiger charge is -2.56. The fourth-order valence-corrected chi connectivity index (χ4v) is 7.18. The smallest absolute Gasteiger partial charge is 0.240 e. The van der Waals surface area contributed by atoms with Gasteiger partial charge in [0.15, 0.2) is 0 Å². The highest BCUT2D eigenvalue weighted by Gasteiger charge is 2.50. The molecule has 0 aromatic heterocycles. The predicted octanol–water partition coefficient (Wildman–Crippen LogP) is 3.09. The monoisotopic (exact) mass is 420 g/mol. The van der Waals surface area contributed by atoms with Crippen molar-refractivity contribution in [2.75, 3.05) is 19.7 Å². The van der Waals surface area contributed by atoms with Crippen LogP contribution in [0.25, 0.3) is 0 Å². The molecule has 4 saturated carbocycles. The van der Waals surface area contributed by atoms with Gasteiger partial charge in [0.05, 0.1) is 11.5 Å². The fraction of sp³-hybridized carbons (Fsp3) is 0.682. The van der Waals surface area contributed by atoms with Crippen molar-refractivity contribution >= 4 is 15.9 Å². The van der Waals surface area contributed by atoms with Gasteiger partial charge in [-0.3, -0.25) is 4.79 Å². The summed E-state index contributed by atoms with van der Waals surface area (Å²) in [6.45, 7) is 3.26. The topological polar surface area (TPSA) is 84.5 Å². The Labute approximate surface area is 173 Å². The molecule has 160 valence electrons. The first-order valence-electron chi connectivity index (χ1n) is 10.9. The lowest BCUT2D eigenvalue weighted by atomic mass is 9.49. The summed E-state index contributed by atoms with van der Waals surface area (Å²) in [5, 5.41) is 3.10. The van der Waals surface area contributed by atoms with Crippen LogP contribution < -0.4 is 14.8 Å². The Bertz CT molecular complexity index is 800. The summed E-state index contributed by atoms with van der Waals surface area (Å²) in [5.74, 6) is 3.14. The molecular formula is C22H32N2O4S. The number of ether oxygens (including phenoxy) is 1. The van der Waals surface area contributed by atoms with E-state index in [1.165, 1.54) is 50.7 Å². The van der Waals surface area contributed by atoms with Crippen LogP contribution in [-0.2, 0) is 14.8 Å². The standard InChI is InChI=1S/C22H32N2O4S/c1-2-28-19-3-5-20(6-4-19)29(26,27)24-8-7-21(25)23-15-22-12-16-9-17(13-22)11-18(10-16)14-22/h3-6,16-18,24H,2,7-15H2,1H3,(H,23,25). The number of amides is 1. The quantitative estimate of drug-likeness (QED) is 0.643. The van der Waals surface area contributed by atoms with E-state index in [4.69, 9.17) is 4.74 Å². The summed E-state index contributed by atoms with van der Waals surface area (Å²) in [5.41, 5.74) is 0.298. The molecule has 0 unspecified atom stereocenters. The van der Waals surface area contributed by atoms with Gasteiger partial charge in [-0.2, -0.15) is 0 Å². The molecule has 1 aromatic carbocycles. The number of hydrogen-bond donors (Lipinski definition) is 2. The Morgan fingerprint density at radius 3 is 2.21 bits per heavy atom. The highest BCUT2D eigenvalue weighted by atomic mass is 32.2. The summed E-state index contributed by atoms with van der Waals surface area (Å²) in [6, 6.07) is 6.30. The molecule has 1 aromatic rings. The number of hydrogen-bond acceptors (Lipinski definition) is 4. The summed E-state index contributed by atoms with van der Waals surface area (Å²) < 4.78 is 32.6. The predicted molar refractivity (Wildman–Crippen MR) is 111 cm³/mol. The van der Waals surface area contributed by atoms with Crippen LogP contribution in [0.4, 0.5) is 0 Å². The lowest BCUT2D eigenvalue weighted by Crippen LogP contribution is -2.51. The molecule has 4 aliphatic rings. The largest absolute Gasteiger partial charge is 0.494 e. The average molecular weight is 421 g/mol. The average Bonchev–Trinajstić information content (AvgIpc) is 2.66. The maximum absolute atomic E-state index is 12.4. The lowest BCUT2D eigenvalue weighted by molar-refractivity contribution is -0.123. The Morgan fingerprint density at radius 1 is 1.07 bits per heavy atom. The molecule has 4 aliphatic carbocycles. The van der Waals surface area contributed by atoms with Crippen LogP contribution in [0.5, 0.6) is 5.75 Å². The highest BCUT2D eigenvalue weighted by Crippen LogP contribution is 2.59. The number of nitrogens with one attached hydrogen (secondary N) is 2. The van der Waals surface area contributed by atoms with Crippen LogP contribution in [0.3, 0.4) is 0 Å². The molecule has 7 heteroatoms. The normalized spacial score (nSPS) is 30.3. The molecule has 0 saturated heterocycles. The van der Waals surface area contributed by atoms with Crippen molar-refractivity contribution in [3.05, 3.63) is 24.3 Å². The van der Waals surface area contributed by atoms with Crippen molar-refractivity contribution in [2.45, 2.75) is 56.8 Å². The van der Waals surface area contributed by atoms with Crippen LogP contribution in [0, 0.1) is 23.2 Å². The van der Waals surface area contributed by atoms with E-state index in [9.17, 15) is 13.2 Å². The fourth-order valence-electron chi connectivity index (χ4n) is 6.14. The molecule has 4 bridgehead atoms. The molecular weight excluding hydrogens is 388 g/mol. The van der Waals surface area contributed by atoms with E-state index < -0.39 is 10.0 Å². The van der Waals surface area contributed by atoms with E-state index in [0.29, 0.717) is 17.8 Å². The SMILES string of the molecule is CCOc1ccc(S(=O)(=O)NCCC(=O)NCC23CC4CC(CC(C4)C2)C3)cc1. The van der Waals surface area contributed by atoms with Gasteiger partial charge >= 0.3 is 0 Å². The van der Waals surface area contributed by atoms with Crippen LogP contribution >= 0.6 is 0 Å². The Kier molecular flexibility index (Phi) is 5.89. The number of carbonyl (C=O) groups is 1. The van der Waals surface area contributed by atoms with Crippen LogP contribution in [0.15, 0.2) is 29.2 Å². The third-order valence-electron chi connectivity index (χ3n) is 6.91. The molecule has 2 N–H and O–H groups in total. The van der Waals surface area contributed by atoms with Crippen LogP contribution in [0.1, 0.15) is 51.9 Å². The summed E-state index contributed by atoms with van der Waals surface area (Å²) >= 11 is 0. The first kappa shape index (κ1) is 20.7. The van der Waals surface area contributed by atoms with Crippen molar-refractivity contribution in [3.63, 3.8) is 0 Å². The van der Waals surface area contributed by atoms with E-state index >= 15 is 0 Å². The first-order valence-corrected chi connectivity index (χ1v) is 12.3. The minimum atomic E-state index is -3.62. The second kappa shape index (κ2) is 8.26. The third kappa shape index (κ3) is 4.77. The molecule has 6 nitrogen and oxygen atoms in total. The van der Waals surface area contributed by atoms with Crippen molar-refractivity contribution in [1.29, 1.82) is 0 Å². The van der Waals surface area contributed by atoms with Gasteiger partial charge in [0, 0.05) is 19.5 Å². The maximum Gasteiger partial charge on any atom is 0.240 e. The van der Waals surface area contributed by atoms with Gasteiger partial charge in [0.25, 0.3) is 0 Å². The second-order valence-electron chi connectivity index (χ2n) is 9.25. The van der Waals surface area contributed by atoms with Gasteiger partial charge in [-0.15, -0.1) is 0 Å². The molecule has 0 radical (unpaired) electrons. The minimum Gasteiger partial charge on any atom is -0.494 e. The van der Waals surface area contributed by atoms with Crippen molar-refractivity contribution in [3.8, 4) is 5.75 Å². The second-order valence-corrected chi connectivity index (χ2v) is 11.0. The summed E-state index contributed by atoms with van der Waals surface area (Å²) in [7, 11) is -3.62. The maximum atomic E-state index is 12.4. The van der Waals surface area contributed by atoms with Crippen molar-refractivity contribution in [1.82, 2.24) is 10.0 Å². The van der Waals surface area contributed by atoms with E-state index in [-0.39, 0.29) is 23.8 Å². The Morgan fingerprint density at radius 2 is 1.66 bits per heavy atom. The van der Waals surface area contributed by atoms with Gasteiger partial charge in [0.1, 0.15) is 5.75 Å². The number of benzene rings is 1. The summed E-state index contributed by atoms with van der Waals surface area (Å²) in [4.78, 5) is 12.5.